The Morgan fingerprint density at radius 2 is 0.889 bits per heavy atom. The second-order valence-corrected chi connectivity index (χ2v) is 9.11. The van der Waals surface area contributed by atoms with Crippen molar-refractivity contribution in [2.75, 3.05) is 55.4 Å². The van der Waals surface area contributed by atoms with Crippen molar-refractivity contribution in [2.45, 2.75) is 44.9 Å². The molecule has 0 aliphatic heterocycles. The summed E-state index contributed by atoms with van der Waals surface area (Å²) in [5.41, 5.74) is 2.97. The van der Waals surface area contributed by atoms with E-state index in [2.05, 4.69) is 5.43 Å². The summed E-state index contributed by atoms with van der Waals surface area (Å²) in [5, 5.41) is 51.5. The van der Waals surface area contributed by atoms with Gasteiger partial charge in [0, 0.05) is 31.3 Å². The van der Waals surface area contributed by atoms with Gasteiger partial charge < -0.3 is 44.7 Å². The van der Waals surface area contributed by atoms with Gasteiger partial charge in [-0.15, -0.1) is 0 Å². The van der Waals surface area contributed by atoms with Crippen LogP contribution in [-0.4, -0.2) is 121 Å². The molecule has 0 aromatic rings. The number of carbonyl (C=O) groups is 6. The summed E-state index contributed by atoms with van der Waals surface area (Å²) >= 11 is 0. The van der Waals surface area contributed by atoms with Crippen molar-refractivity contribution >= 4 is 35.8 Å². The van der Waals surface area contributed by atoms with Crippen LogP contribution in [0.2, 0.25) is 0 Å². The molecule has 0 fully saturated rings. The summed E-state index contributed by atoms with van der Waals surface area (Å²) in [7, 11) is 11.9. The molecule has 15 nitrogen and oxygen atoms in total. The number of carboxylic acids is 6. The first-order valence-electron chi connectivity index (χ1n) is 10.7. The summed E-state index contributed by atoms with van der Waals surface area (Å²) in [6, 6.07) is 0. The predicted octanol–water partition coefficient (Wildman–Crippen LogP) is -2.57. The maximum atomic E-state index is 9.97. The van der Waals surface area contributed by atoms with Crippen molar-refractivity contribution < 1.29 is 68.5 Å². The molecule has 0 unspecified atom stereocenters. The molecule has 0 radical (unpaired) electrons. The van der Waals surface area contributed by atoms with E-state index in [1.807, 2.05) is 42.3 Å². The van der Waals surface area contributed by atoms with Gasteiger partial charge >= 0.3 is 23.9 Å². The lowest BCUT2D eigenvalue weighted by atomic mass is 10.3. The zero-order chi connectivity index (χ0) is 29.5. The number of hydrogen-bond donors (Lipinski definition) is 5. The molecular weight excluding hydrogens is 486 g/mol. The Balaban J connectivity index is -0.000000191. The first kappa shape index (κ1) is 39.9. The van der Waals surface area contributed by atoms with Gasteiger partial charge in [-0.25, -0.2) is 0 Å². The van der Waals surface area contributed by atoms with Crippen molar-refractivity contribution in [3.8, 4) is 0 Å². The van der Waals surface area contributed by atoms with Gasteiger partial charge in [-0.3, -0.25) is 23.8 Å². The fraction of sp³-hybridized carbons (Fsp3) is 0.714. The highest BCUT2D eigenvalue weighted by Gasteiger charge is 2.05. The summed E-state index contributed by atoms with van der Waals surface area (Å²) < 4.78 is 1.38. The van der Waals surface area contributed by atoms with Gasteiger partial charge in [-0.2, -0.15) is 5.43 Å². The first-order valence-corrected chi connectivity index (χ1v) is 10.7. The van der Waals surface area contributed by atoms with Crippen molar-refractivity contribution in [1.82, 2.24) is 5.43 Å². The fourth-order valence-electron chi connectivity index (χ4n) is 1.62. The minimum absolute atomic E-state index is 0.0650. The van der Waals surface area contributed by atoms with Crippen LogP contribution in [0, 0.1) is 0 Å². The molecule has 0 aromatic carbocycles. The predicted molar refractivity (Wildman–Crippen MR) is 122 cm³/mol. The first-order chi connectivity index (χ1) is 16.1. The Morgan fingerprint density at radius 1 is 0.583 bits per heavy atom. The van der Waals surface area contributed by atoms with Gasteiger partial charge in [0.05, 0.1) is 74.5 Å². The average molecular weight is 528 g/mol. The van der Waals surface area contributed by atoms with E-state index >= 15 is 0 Å². The van der Waals surface area contributed by atoms with Crippen molar-refractivity contribution in [3.63, 3.8) is 0 Å². The lowest BCUT2D eigenvalue weighted by Gasteiger charge is -2.23. The van der Waals surface area contributed by atoms with Crippen LogP contribution >= 0.6 is 0 Å². The van der Waals surface area contributed by atoms with E-state index in [9.17, 15) is 39.0 Å². The molecule has 212 valence electrons. The smallest absolute Gasteiger partial charge is 0.303 e. The van der Waals surface area contributed by atoms with E-state index in [1.54, 1.807) is 0 Å². The molecule has 15 heteroatoms. The summed E-state index contributed by atoms with van der Waals surface area (Å²) in [6.07, 6.45) is -0.244. The molecule has 0 aliphatic carbocycles. The number of nitrogens with one attached hydrogen (secondary N) is 1. The summed E-state index contributed by atoms with van der Waals surface area (Å²) in [6.45, 7) is 1.33. The molecule has 0 rings (SSSR count). The molecule has 0 aromatic heterocycles. The highest BCUT2D eigenvalue weighted by molar-refractivity contribution is 5.75. The second kappa shape index (κ2) is 22.2. The zero-order valence-electron chi connectivity index (χ0n) is 21.8. The monoisotopic (exact) mass is 527 g/mol. The number of carboxylic acid groups (broad SMARTS) is 6. The molecular formula is C21H41N3O12. The standard InChI is InChI=1S/C7H15NO2.C6H14N2O2.2C4H6O4/c1-8(2,3)6-4-5-7(9)10;1-8(2,3)7-5-4-6(9)10;2*5-3(6)1-2-4(7)8/h4-6H2,1-3H3;7H,4-5H2,1-3H3;2*1-2H2,(H,5,6)(H,7,8). The Hall–Kier alpha value is -3.30. The van der Waals surface area contributed by atoms with Gasteiger partial charge in [0.25, 0.3) is 0 Å². The van der Waals surface area contributed by atoms with Crippen molar-refractivity contribution in [1.29, 1.82) is 0 Å². The number of quaternary nitrogens is 2. The lowest BCUT2D eigenvalue weighted by molar-refractivity contribution is -0.915. The number of hydrogen-bond acceptors (Lipinski definition) is 9. The van der Waals surface area contributed by atoms with E-state index in [1.165, 1.54) is 0 Å². The largest absolute Gasteiger partial charge is 0.550 e. The van der Waals surface area contributed by atoms with Crippen LogP contribution in [0.3, 0.4) is 0 Å². The zero-order valence-corrected chi connectivity index (χ0v) is 21.8. The molecule has 0 spiro atoms. The van der Waals surface area contributed by atoms with Crippen LogP contribution in [0.5, 0.6) is 0 Å². The number of rotatable bonds is 14. The molecule has 0 bridgehead atoms. The van der Waals surface area contributed by atoms with Gasteiger partial charge in [-0.1, -0.05) is 0 Å². The summed E-state index contributed by atoms with van der Waals surface area (Å²) in [5.74, 6) is -6.27. The Morgan fingerprint density at radius 3 is 1.08 bits per heavy atom. The van der Waals surface area contributed by atoms with Gasteiger partial charge in [0.1, 0.15) is 0 Å². The van der Waals surface area contributed by atoms with Crippen molar-refractivity contribution in [3.05, 3.63) is 0 Å². The van der Waals surface area contributed by atoms with Crippen LogP contribution < -0.4 is 15.6 Å². The third-order valence-electron chi connectivity index (χ3n) is 3.23. The van der Waals surface area contributed by atoms with E-state index in [4.69, 9.17) is 20.4 Å². The summed E-state index contributed by atoms with van der Waals surface area (Å²) in [4.78, 5) is 58.5. The van der Waals surface area contributed by atoms with Crippen LogP contribution in [0.1, 0.15) is 44.9 Å². The van der Waals surface area contributed by atoms with E-state index < -0.39 is 35.8 Å². The average Bonchev–Trinajstić information content (AvgIpc) is 2.63. The van der Waals surface area contributed by atoms with Gasteiger partial charge in [0.2, 0.25) is 0 Å². The second-order valence-electron chi connectivity index (χ2n) is 9.11. The number of nitrogens with zero attached hydrogens (tertiary/aromatic N) is 2. The maximum absolute atomic E-state index is 9.97. The van der Waals surface area contributed by atoms with E-state index in [0.29, 0.717) is 17.6 Å². The highest BCUT2D eigenvalue weighted by Crippen LogP contribution is 1.95. The molecule has 0 amide bonds. The minimum atomic E-state index is -1.08. The highest BCUT2D eigenvalue weighted by atomic mass is 16.4. The number of aliphatic carboxylic acids is 6. The minimum Gasteiger partial charge on any atom is -0.550 e. The van der Waals surface area contributed by atoms with Crippen LogP contribution in [0.25, 0.3) is 0 Å². The Kier molecular flexibility index (Phi) is 24.6. The molecule has 0 aliphatic rings. The third kappa shape index (κ3) is 63.2. The number of carbonyl (C=O) groups excluding carboxylic acids is 2. The molecule has 0 saturated carbocycles. The lowest BCUT2D eigenvalue weighted by Crippen LogP contribution is -2.49. The Bertz CT molecular complexity index is 597. The van der Waals surface area contributed by atoms with Gasteiger partial charge in [-0.05, 0) is 6.42 Å². The van der Waals surface area contributed by atoms with Gasteiger partial charge in [0.15, 0.2) is 0 Å². The SMILES string of the molecule is C[N+](C)(C)CCCC(=O)[O-].C[N+](C)(C)NCCC(=O)[O-].O=C(O)CCC(=O)O.O=C(O)CCC(=O)O. The molecule has 0 heterocycles. The van der Waals surface area contributed by atoms with Crippen LogP contribution in [-0.2, 0) is 28.8 Å². The van der Waals surface area contributed by atoms with E-state index in [-0.39, 0.29) is 38.5 Å². The third-order valence-corrected chi connectivity index (χ3v) is 3.23. The van der Waals surface area contributed by atoms with Crippen LogP contribution in [0.4, 0.5) is 0 Å². The maximum Gasteiger partial charge on any atom is 0.303 e. The van der Waals surface area contributed by atoms with Crippen LogP contribution in [0.15, 0.2) is 0 Å². The quantitative estimate of drug-likeness (QED) is 0.115. The topological polar surface area (TPSA) is 241 Å². The molecule has 5 N–H and O–H groups in total. The normalized spacial score (nSPS) is 10.2. The van der Waals surface area contributed by atoms with E-state index in [0.717, 1.165) is 11.0 Å². The Labute approximate surface area is 210 Å². The molecule has 36 heavy (non-hydrogen) atoms. The van der Waals surface area contributed by atoms with Crippen molar-refractivity contribution in [2.24, 2.45) is 0 Å². The fourth-order valence-corrected chi connectivity index (χ4v) is 1.62. The molecule has 0 saturated heterocycles. The molecule has 0 atom stereocenters.